The Hall–Kier alpha value is -3.00. The molecule has 6 rings (SSSR count). The van der Waals surface area contributed by atoms with E-state index >= 15 is 0 Å². The third kappa shape index (κ3) is 5.22. The first-order valence-corrected chi connectivity index (χ1v) is 16.8. The first-order valence-electron chi connectivity index (χ1n) is 16.8. The fourth-order valence-corrected chi connectivity index (χ4v) is 9.80. The fourth-order valence-electron chi connectivity index (χ4n) is 9.80. The summed E-state index contributed by atoms with van der Waals surface area (Å²) in [5.41, 5.74) is -6.03. The van der Waals surface area contributed by atoms with Gasteiger partial charge in [-0.2, -0.15) is 0 Å². The number of hydrogen-bond donors (Lipinski definition) is 7. The number of fused-ring (bicyclic) bond motifs is 2. The van der Waals surface area contributed by atoms with E-state index in [1.54, 1.807) is 13.8 Å². The standard InChI is InChI=1S/C34H46O17/c1-12(31(3,4)45)7-18(37)50-24-26-33-11-47-34(26,30(44)46-6)27(42)22(41)25(33)32(5)9-15(36)23(13(2)14(32)8-17(33)49-28(24)43)51-29-21(40)20(39)19(38)16(10-35)48-29/h7,14,16-17,19-22,24-27,29,35,38-42,45H,8-11H2,1-6H3/b12-7+/t14-,16-,17-,19-,20+,21-,22-,24-,25-,26-,27+,29+,32+,33-,34+/m1/s1. The average molecular weight is 727 g/mol. The van der Waals surface area contributed by atoms with E-state index in [-0.39, 0.29) is 30.8 Å². The van der Waals surface area contributed by atoms with E-state index in [1.807, 2.05) is 0 Å². The molecule has 0 aromatic rings. The van der Waals surface area contributed by atoms with Gasteiger partial charge in [-0.3, -0.25) is 4.79 Å². The number of aliphatic hydroxyl groups excluding tert-OH is 6. The van der Waals surface area contributed by atoms with Crippen molar-refractivity contribution < 1.29 is 83.3 Å². The van der Waals surface area contributed by atoms with E-state index < -0.39 is 125 Å². The number of methoxy groups -OCH3 is 1. The fraction of sp³-hybridized carbons (Fsp3) is 0.765. The van der Waals surface area contributed by atoms with Crippen LogP contribution in [0.3, 0.4) is 0 Å². The lowest BCUT2D eigenvalue weighted by molar-refractivity contribution is -0.296. The van der Waals surface area contributed by atoms with Gasteiger partial charge in [0.05, 0.1) is 37.9 Å². The molecule has 0 aromatic heterocycles. The van der Waals surface area contributed by atoms with E-state index in [0.717, 1.165) is 13.2 Å². The second-order valence-corrected chi connectivity index (χ2v) is 15.5. The number of carbonyl (C=O) groups is 4. The third-order valence-corrected chi connectivity index (χ3v) is 12.4. The molecule has 0 aromatic carbocycles. The summed E-state index contributed by atoms with van der Waals surface area (Å²) in [4.78, 5) is 54.7. The van der Waals surface area contributed by atoms with Gasteiger partial charge in [-0.15, -0.1) is 0 Å². The second-order valence-electron chi connectivity index (χ2n) is 15.5. The number of ketones is 1. The maximum absolute atomic E-state index is 14.0. The van der Waals surface area contributed by atoms with Gasteiger partial charge in [0.2, 0.25) is 18.0 Å². The van der Waals surface area contributed by atoms with Gasteiger partial charge in [-0.1, -0.05) is 6.92 Å². The van der Waals surface area contributed by atoms with Gasteiger partial charge in [0, 0.05) is 23.8 Å². The van der Waals surface area contributed by atoms with Crippen LogP contribution < -0.4 is 0 Å². The van der Waals surface area contributed by atoms with Gasteiger partial charge in [0.25, 0.3) is 0 Å². The number of allylic oxidation sites excluding steroid dienone is 2. The topological polar surface area (TPSA) is 265 Å². The number of rotatable bonds is 7. The molecule has 17 nitrogen and oxygen atoms in total. The van der Waals surface area contributed by atoms with Crippen LogP contribution in [0, 0.1) is 28.6 Å². The molecule has 15 atom stereocenters. The summed E-state index contributed by atoms with van der Waals surface area (Å²) in [6, 6.07) is 0. The SMILES string of the molecule is COC(=O)[C@@]12OC[C@]34[C@H]([C@@H](O)[C@@H]1O)[C@@]1(C)CC(=O)C(O[C@@H]5O[C@H](CO)[C@@H](O)[C@H](O)[C@H]5O)=C(C)[C@H]1C[C@H]3OC(=O)[C@H](OC(=O)/C=C(\C)C(C)(C)O)[C@@H]24. The highest BCUT2D eigenvalue weighted by Gasteiger charge is 2.85. The summed E-state index contributed by atoms with van der Waals surface area (Å²) in [7, 11) is 1.04. The maximum Gasteiger partial charge on any atom is 0.348 e. The molecular weight excluding hydrogens is 680 g/mol. The number of Topliss-reactive ketones (excluding diaryl/α,β-unsaturated/α-hetero) is 1. The van der Waals surface area contributed by atoms with Gasteiger partial charge >= 0.3 is 17.9 Å². The van der Waals surface area contributed by atoms with E-state index in [1.165, 1.54) is 20.8 Å². The van der Waals surface area contributed by atoms with Crippen LogP contribution in [0.1, 0.15) is 47.5 Å². The van der Waals surface area contributed by atoms with Crippen LogP contribution >= 0.6 is 0 Å². The van der Waals surface area contributed by atoms with Crippen LogP contribution in [0.15, 0.2) is 23.0 Å². The Kier molecular flexibility index (Phi) is 9.29. The van der Waals surface area contributed by atoms with Crippen LogP contribution in [0.2, 0.25) is 0 Å². The minimum absolute atomic E-state index is 0.00228. The van der Waals surface area contributed by atoms with Gasteiger partial charge < -0.3 is 64.2 Å². The molecule has 1 spiro atoms. The van der Waals surface area contributed by atoms with Crippen molar-refractivity contribution >= 4 is 23.7 Å². The van der Waals surface area contributed by atoms with Crippen molar-refractivity contribution in [3.63, 3.8) is 0 Å². The molecule has 51 heavy (non-hydrogen) atoms. The van der Waals surface area contributed by atoms with Gasteiger partial charge in [-0.25, -0.2) is 14.4 Å². The number of aliphatic hydroxyl groups is 7. The first kappa shape index (κ1) is 37.7. The summed E-state index contributed by atoms with van der Waals surface area (Å²) in [5, 5.41) is 74.9. The lowest BCUT2D eigenvalue weighted by atomic mass is 9.38. The van der Waals surface area contributed by atoms with Crippen LogP contribution in [0.25, 0.3) is 0 Å². The highest BCUT2D eigenvalue weighted by molar-refractivity contribution is 5.96. The Balaban J connectivity index is 1.43. The monoisotopic (exact) mass is 726 g/mol. The molecule has 3 aliphatic carbocycles. The molecule has 17 heteroatoms. The molecule has 3 aliphatic heterocycles. The average Bonchev–Trinajstić information content (AvgIpc) is 3.36. The summed E-state index contributed by atoms with van der Waals surface area (Å²) in [6.45, 7) is 6.55. The van der Waals surface area contributed by atoms with Crippen molar-refractivity contribution in [3.05, 3.63) is 23.0 Å². The van der Waals surface area contributed by atoms with Gasteiger partial charge in [0.15, 0.2) is 11.5 Å². The number of ether oxygens (including phenoxy) is 6. The Labute approximate surface area is 292 Å². The molecule has 284 valence electrons. The molecule has 0 radical (unpaired) electrons. The second kappa shape index (κ2) is 12.6. The normalized spacial score (nSPS) is 46.5. The van der Waals surface area contributed by atoms with Crippen molar-refractivity contribution in [1.82, 2.24) is 0 Å². The number of hydrogen-bond acceptors (Lipinski definition) is 17. The predicted molar refractivity (Wildman–Crippen MR) is 165 cm³/mol. The zero-order valence-corrected chi connectivity index (χ0v) is 29.0. The molecule has 2 saturated carbocycles. The Bertz CT molecular complexity index is 1550. The molecule has 0 amide bonds. The lowest BCUT2D eigenvalue weighted by Gasteiger charge is -2.67. The number of esters is 3. The van der Waals surface area contributed by atoms with Crippen molar-refractivity contribution in [1.29, 1.82) is 0 Å². The highest BCUT2D eigenvalue weighted by Crippen LogP contribution is 2.73. The molecule has 0 unspecified atom stereocenters. The van der Waals surface area contributed by atoms with Crippen LogP contribution in [-0.4, -0.2) is 146 Å². The van der Waals surface area contributed by atoms with E-state index in [9.17, 15) is 54.9 Å². The quantitative estimate of drug-likeness (QED) is 0.0814. The predicted octanol–water partition coefficient (Wildman–Crippen LogP) is -2.47. The summed E-state index contributed by atoms with van der Waals surface area (Å²) in [6.07, 6.45) is -14.3. The van der Waals surface area contributed by atoms with Crippen LogP contribution in [-0.2, 0) is 47.6 Å². The Morgan fingerprint density at radius 2 is 1.71 bits per heavy atom. The molecule has 5 fully saturated rings. The molecule has 3 heterocycles. The summed E-state index contributed by atoms with van der Waals surface area (Å²) in [5.74, 6) is -7.35. The smallest absolute Gasteiger partial charge is 0.348 e. The van der Waals surface area contributed by atoms with Crippen LogP contribution in [0.5, 0.6) is 0 Å². The van der Waals surface area contributed by atoms with Crippen LogP contribution in [0.4, 0.5) is 0 Å². The van der Waals surface area contributed by atoms with Gasteiger partial charge in [-0.05, 0) is 56.6 Å². The third-order valence-electron chi connectivity index (χ3n) is 12.4. The Morgan fingerprint density at radius 3 is 2.31 bits per heavy atom. The summed E-state index contributed by atoms with van der Waals surface area (Å²) >= 11 is 0. The zero-order valence-electron chi connectivity index (χ0n) is 29.0. The van der Waals surface area contributed by atoms with Gasteiger partial charge in [0.1, 0.15) is 36.6 Å². The minimum atomic E-state index is -2.38. The molecule has 3 saturated heterocycles. The molecule has 7 N–H and O–H groups in total. The van der Waals surface area contributed by atoms with E-state index in [2.05, 4.69) is 0 Å². The highest BCUT2D eigenvalue weighted by atomic mass is 16.7. The van der Waals surface area contributed by atoms with Crippen molar-refractivity contribution in [2.24, 2.45) is 28.6 Å². The number of carbonyl (C=O) groups excluding carboxylic acids is 4. The molecule has 2 bridgehead atoms. The van der Waals surface area contributed by atoms with E-state index in [4.69, 9.17) is 28.4 Å². The molecular formula is C34H46O17. The van der Waals surface area contributed by atoms with Crippen molar-refractivity contribution in [2.45, 2.75) is 114 Å². The van der Waals surface area contributed by atoms with Crippen molar-refractivity contribution in [3.8, 4) is 0 Å². The Morgan fingerprint density at radius 1 is 1.04 bits per heavy atom. The lowest BCUT2D eigenvalue weighted by Crippen LogP contribution is -2.79. The molecule has 6 aliphatic rings. The summed E-state index contributed by atoms with van der Waals surface area (Å²) < 4.78 is 34.2. The first-order chi connectivity index (χ1) is 23.7. The zero-order chi connectivity index (χ0) is 37.7. The maximum atomic E-state index is 14.0. The van der Waals surface area contributed by atoms with Crippen molar-refractivity contribution in [2.75, 3.05) is 20.3 Å². The van der Waals surface area contributed by atoms with E-state index in [0.29, 0.717) is 5.57 Å². The largest absolute Gasteiger partial charge is 0.467 e. The minimum Gasteiger partial charge on any atom is -0.467 e.